The zero-order chi connectivity index (χ0) is 21.8. The van der Waals surface area contributed by atoms with E-state index in [0.717, 1.165) is 0 Å². The topological polar surface area (TPSA) is 75.9 Å². The number of nitrogens with zero attached hydrogens (tertiary/aromatic N) is 3. The van der Waals surface area contributed by atoms with Crippen LogP contribution in [0, 0.1) is 10.1 Å². The van der Waals surface area contributed by atoms with Gasteiger partial charge >= 0.3 is 0 Å². The van der Waals surface area contributed by atoms with Crippen LogP contribution in [-0.2, 0) is 4.79 Å². The largest absolute Gasteiger partial charge is 0.495 e. The number of anilines is 1. The fourth-order valence-corrected chi connectivity index (χ4v) is 4.02. The second-order valence-electron chi connectivity index (χ2n) is 6.55. The fraction of sp³-hybridized carbons (Fsp3) is 0.250. The second-order valence-corrected chi connectivity index (χ2v) is 7.83. The van der Waals surface area contributed by atoms with Gasteiger partial charge in [0.1, 0.15) is 11.4 Å². The Balaban J connectivity index is 1.68. The summed E-state index contributed by atoms with van der Waals surface area (Å²) < 4.78 is 5.27. The van der Waals surface area contributed by atoms with Crippen LogP contribution in [0.5, 0.6) is 5.75 Å². The van der Waals surface area contributed by atoms with Crippen molar-refractivity contribution >= 4 is 58.2 Å². The first-order valence-electron chi connectivity index (χ1n) is 8.99. The van der Waals surface area contributed by atoms with Crippen LogP contribution in [0.3, 0.4) is 0 Å². The van der Waals surface area contributed by atoms with Crippen molar-refractivity contribution < 1.29 is 14.5 Å². The van der Waals surface area contributed by atoms with E-state index in [1.807, 2.05) is 4.90 Å². The molecular weight excluding hydrogens is 453 g/mol. The van der Waals surface area contributed by atoms with Crippen LogP contribution in [0.1, 0.15) is 5.56 Å². The number of carbonyl (C=O) groups is 1. The Morgan fingerprint density at radius 1 is 1.10 bits per heavy atom. The van der Waals surface area contributed by atoms with Crippen LogP contribution >= 0.6 is 34.8 Å². The van der Waals surface area contributed by atoms with E-state index in [1.165, 1.54) is 19.3 Å². The lowest BCUT2D eigenvalue weighted by molar-refractivity contribution is -0.384. The molecule has 1 heterocycles. The third kappa shape index (κ3) is 4.98. The van der Waals surface area contributed by atoms with Crippen molar-refractivity contribution in [1.82, 2.24) is 4.90 Å². The lowest BCUT2D eigenvalue weighted by atomic mass is 10.1. The molecule has 0 aromatic heterocycles. The number of halogens is 3. The first kappa shape index (κ1) is 22.2. The maximum absolute atomic E-state index is 12.6. The van der Waals surface area contributed by atoms with Crippen LogP contribution in [-0.4, -0.2) is 49.0 Å². The standard InChI is InChI=1S/C20H18Cl3N3O4/c1-30-20-13(10-15(22)11-16(20)23)2-5-19(27)25-8-6-24(7-9-25)17-4-3-14(21)12-18(17)26(28)29/h2-5,10-12H,6-9H2,1H3/b5-2+. The van der Waals surface area contributed by atoms with Gasteiger partial charge in [0.25, 0.3) is 5.69 Å². The Bertz CT molecular complexity index is 1010. The lowest BCUT2D eigenvalue weighted by Gasteiger charge is -2.35. The zero-order valence-electron chi connectivity index (χ0n) is 16.0. The molecule has 0 aliphatic carbocycles. The maximum Gasteiger partial charge on any atom is 0.294 e. The first-order chi connectivity index (χ1) is 14.3. The van der Waals surface area contributed by atoms with E-state index < -0.39 is 4.92 Å². The van der Waals surface area contributed by atoms with E-state index in [0.29, 0.717) is 58.2 Å². The molecule has 7 nitrogen and oxygen atoms in total. The summed E-state index contributed by atoms with van der Waals surface area (Å²) in [6.07, 6.45) is 3.04. The van der Waals surface area contributed by atoms with Gasteiger partial charge in [0.05, 0.1) is 17.1 Å². The summed E-state index contributed by atoms with van der Waals surface area (Å²) in [7, 11) is 1.49. The molecule has 0 N–H and O–H groups in total. The van der Waals surface area contributed by atoms with Gasteiger partial charge in [-0.15, -0.1) is 0 Å². The van der Waals surface area contributed by atoms with E-state index in [2.05, 4.69) is 0 Å². The molecule has 0 radical (unpaired) electrons. The lowest BCUT2D eigenvalue weighted by Crippen LogP contribution is -2.48. The second kappa shape index (κ2) is 9.55. The summed E-state index contributed by atoms with van der Waals surface area (Å²) in [5.41, 5.74) is 1.04. The molecule has 1 amide bonds. The summed E-state index contributed by atoms with van der Waals surface area (Å²) in [6.45, 7) is 1.79. The minimum atomic E-state index is -0.453. The van der Waals surface area contributed by atoms with Crippen molar-refractivity contribution in [3.63, 3.8) is 0 Å². The Hall–Kier alpha value is -2.48. The molecule has 2 aromatic carbocycles. The molecule has 0 unspecified atom stereocenters. The highest BCUT2D eigenvalue weighted by Crippen LogP contribution is 2.33. The van der Waals surface area contributed by atoms with Crippen molar-refractivity contribution in [3.8, 4) is 5.75 Å². The number of hydrogen-bond acceptors (Lipinski definition) is 5. The molecule has 1 fully saturated rings. The van der Waals surface area contributed by atoms with Gasteiger partial charge in [-0.3, -0.25) is 14.9 Å². The number of nitro benzene ring substituents is 1. The highest BCUT2D eigenvalue weighted by molar-refractivity contribution is 6.36. The number of hydrogen-bond donors (Lipinski definition) is 0. The van der Waals surface area contributed by atoms with Gasteiger partial charge in [0.2, 0.25) is 5.91 Å². The van der Waals surface area contributed by atoms with Gasteiger partial charge in [-0.05, 0) is 30.3 Å². The summed E-state index contributed by atoms with van der Waals surface area (Å²) in [5, 5.41) is 12.4. The minimum Gasteiger partial charge on any atom is -0.495 e. The van der Waals surface area contributed by atoms with Crippen molar-refractivity contribution in [1.29, 1.82) is 0 Å². The maximum atomic E-state index is 12.6. The predicted molar refractivity (Wildman–Crippen MR) is 119 cm³/mol. The highest BCUT2D eigenvalue weighted by Gasteiger charge is 2.25. The van der Waals surface area contributed by atoms with E-state index in [4.69, 9.17) is 39.5 Å². The molecule has 10 heteroatoms. The summed E-state index contributed by atoms with van der Waals surface area (Å²) in [6, 6.07) is 7.81. The number of carbonyl (C=O) groups excluding carboxylic acids is 1. The Labute approximate surface area is 188 Å². The molecule has 158 valence electrons. The summed E-state index contributed by atoms with van der Waals surface area (Å²) in [5.74, 6) is 0.253. The summed E-state index contributed by atoms with van der Waals surface area (Å²) >= 11 is 18.0. The fourth-order valence-electron chi connectivity index (χ4n) is 3.26. The van der Waals surface area contributed by atoms with Crippen LogP contribution < -0.4 is 9.64 Å². The van der Waals surface area contributed by atoms with Gasteiger partial charge in [-0.2, -0.15) is 0 Å². The van der Waals surface area contributed by atoms with Crippen LogP contribution in [0.25, 0.3) is 6.08 Å². The molecular formula is C20H18Cl3N3O4. The molecule has 1 saturated heterocycles. The Morgan fingerprint density at radius 3 is 2.43 bits per heavy atom. The summed E-state index contributed by atoms with van der Waals surface area (Å²) in [4.78, 5) is 27.0. The first-order valence-corrected chi connectivity index (χ1v) is 10.1. The van der Waals surface area contributed by atoms with Gasteiger partial charge in [-0.25, -0.2) is 0 Å². The van der Waals surface area contributed by atoms with Crippen LogP contribution in [0.2, 0.25) is 15.1 Å². The number of ether oxygens (including phenoxy) is 1. The number of nitro groups is 1. The number of piperazine rings is 1. The van der Waals surface area contributed by atoms with Crippen molar-refractivity contribution in [2.24, 2.45) is 0 Å². The quantitative estimate of drug-likeness (QED) is 0.352. The van der Waals surface area contributed by atoms with Crippen LogP contribution in [0.4, 0.5) is 11.4 Å². The van der Waals surface area contributed by atoms with E-state index in [1.54, 1.807) is 35.2 Å². The van der Waals surface area contributed by atoms with Crippen molar-refractivity contribution in [2.75, 3.05) is 38.2 Å². The molecule has 30 heavy (non-hydrogen) atoms. The van der Waals surface area contributed by atoms with Gasteiger partial charge in [-0.1, -0.05) is 34.8 Å². The smallest absolute Gasteiger partial charge is 0.294 e. The number of methoxy groups -OCH3 is 1. The number of rotatable bonds is 5. The van der Waals surface area contributed by atoms with E-state index >= 15 is 0 Å². The van der Waals surface area contributed by atoms with E-state index in [9.17, 15) is 14.9 Å². The molecule has 0 saturated carbocycles. The van der Waals surface area contributed by atoms with Gasteiger partial charge in [0.15, 0.2) is 0 Å². The average Bonchev–Trinajstić information content (AvgIpc) is 2.71. The molecule has 0 spiro atoms. The van der Waals surface area contributed by atoms with E-state index in [-0.39, 0.29) is 11.6 Å². The number of benzene rings is 2. The zero-order valence-corrected chi connectivity index (χ0v) is 18.2. The normalized spacial score (nSPS) is 14.3. The molecule has 1 aliphatic rings. The Kier molecular flexibility index (Phi) is 7.07. The highest BCUT2D eigenvalue weighted by atomic mass is 35.5. The average molecular weight is 471 g/mol. The SMILES string of the molecule is COc1c(Cl)cc(Cl)cc1/C=C/C(=O)N1CCN(c2ccc(Cl)cc2[N+](=O)[O-])CC1. The monoisotopic (exact) mass is 469 g/mol. The molecule has 2 aromatic rings. The third-order valence-electron chi connectivity index (χ3n) is 4.71. The minimum absolute atomic E-state index is 0.0490. The van der Waals surface area contributed by atoms with Gasteiger partial charge < -0.3 is 14.5 Å². The molecule has 3 rings (SSSR count). The molecule has 0 bridgehead atoms. The Morgan fingerprint density at radius 2 is 1.80 bits per heavy atom. The molecule has 1 aliphatic heterocycles. The van der Waals surface area contributed by atoms with Crippen molar-refractivity contribution in [3.05, 3.63) is 67.2 Å². The van der Waals surface area contributed by atoms with Gasteiger partial charge in [0, 0.05) is 53.9 Å². The number of amides is 1. The molecule has 0 atom stereocenters. The predicted octanol–water partition coefficient (Wildman–Crippen LogP) is 4.93. The third-order valence-corrected chi connectivity index (χ3v) is 5.45. The van der Waals surface area contributed by atoms with Crippen LogP contribution in [0.15, 0.2) is 36.4 Å². The van der Waals surface area contributed by atoms with Crippen molar-refractivity contribution in [2.45, 2.75) is 0 Å².